The van der Waals surface area contributed by atoms with Crippen LogP contribution in [0.3, 0.4) is 0 Å². The standard InChI is InChI=1S/C27H35N5O9S2/c1-40-26(35)10-9-25-29-27(30-41-25)19-3-6-21(7-4-19)43(38,39)32-13-11-18(12-14-32)16-28-17-24(34)20-5-8-23(33)22(15-20)31-42(2,36)37/h3-8,15,18,24,28,31,33-34H,9-14,16-17H2,1-2H3/t24-/m1/s1. The lowest BCUT2D eigenvalue weighted by Crippen LogP contribution is -2.41. The Bertz CT molecular complexity index is 1620. The molecule has 16 heteroatoms. The van der Waals surface area contributed by atoms with Crippen molar-refractivity contribution in [2.75, 3.05) is 44.3 Å². The van der Waals surface area contributed by atoms with Crippen molar-refractivity contribution in [1.82, 2.24) is 19.8 Å². The Hall–Kier alpha value is -3.57. The molecule has 0 saturated carbocycles. The van der Waals surface area contributed by atoms with Gasteiger partial charge in [-0.2, -0.15) is 9.29 Å². The summed E-state index contributed by atoms with van der Waals surface area (Å²) in [4.78, 5) is 15.7. The first-order valence-electron chi connectivity index (χ1n) is 13.5. The van der Waals surface area contributed by atoms with Gasteiger partial charge in [-0.05, 0) is 67.3 Å². The molecule has 4 rings (SSSR count). The lowest BCUT2D eigenvalue weighted by molar-refractivity contribution is -0.140. The van der Waals surface area contributed by atoms with Gasteiger partial charge in [0.1, 0.15) is 5.75 Å². The lowest BCUT2D eigenvalue weighted by atomic mass is 9.98. The van der Waals surface area contributed by atoms with Gasteiger partial charge in [-0.15, -0.1) is 0 Å². The zero-order valence-corrected chi connectivity index (χ0v) is 25.4. The molecule has 4 N–H and O–H groups in total. The number of ether oxygens (including phenoxy) is 1. The van der Waals surface area contributed by atoms with Gasteiger partial charge in [0.2, 0.25) is 31.8 Å². The Morgan fingerprint density at radius 1 is 1.14 bits per heavy atom. The minimum atomic E-state index is -3.70. The maximum absolute atomic E-state index is 13.2. The average Bonchev–Trinajstić information content (AvgIpc) is 3.46. The fourth-order valence-corrected chi connectivity index (χ4v) is 6.68. The van der Waals surface area contributed by atoms with Crippen molar-refractivity contribution < 1.29 is 41.1 Å². The lowest BCUT2D eigenvalue weighted by Gasteiger charge is -2.31. The molecule has 0 amide bonds. The van der Waals surface area contributed by atoms with Crippen molar-refractivity contribution in [1.29, 1.82) is 0 Å². The first kappa shape index (κ1) is 32.3. The van der Waals surface area contributed by atoms with Crippen LogP contribution < -0.4 is 10.0 Å². The summed E-state index contributed by atoms with van der Waals surface area (Å²) in [7, 11) is -6.00. The van der Waals surface area contributed by atoms with Crippen molar-refractivity contribution in [3.63, 3.8) is 0 Å². The molecule has 1 fully saturated rings. The number of nitrogens with one attached hydrogen (secondary N) is 2. The highest BCUT2D eigenvalue weighted by Crippen LogP contribution is 2.28. The van der Waals surface area contributed by atoms with Crippen molar-refractivity contribution >= 4 is 31.7 Å². The van der Waals surface area contributed by atoms with E-state index in [0.29, 0.717) is 49.4 Å². The Balaban J connectivity index is 1.25. The number of phenolic OH excluding ortho intramolecular Hbond substituents is 1. The molecule has 1 aliphatic rings. The van der Waals surface area contributed by atoms with Gasteiger partial charge in [0.25, 0.3) is 0 Å². The molecule has 2 aromatic carbocycles. The van der Waals surface area contributed by atoms with Gasteiger partial charge in [-0.25, -0.2) is 16.8 Å². The zero-order valence-electron chi connectivity index (χ0n) is 23.8. The molecule has 14 nitrogen and oxygen atoms in total. The van der Waals surface area contributed by atoms with Crippen LogP contribution in [0, 0.1) is 5.92 Å². The highest BCUT2D eigenvalue weighted by molar-refractivity contribution is 7.92. The summed E-state index contributed by atoms with van der Waals surface area (Å²) in [5.41, 5.74) is 0.995. The van der Waals surface area contributed by atoms with E-state index in [9.17, 15) is 31.8 Å². The third kappa shape index (κ3) is 8.73. The number of nitrogens with zero attached hydrogens (tertiary/aromatic N) is 3. The van der Waals surface area contributed by atoms with Crippen LogP contribution in [0.4, 0.5) is 5.69 Å². The third-order valence-electron chi connectivity index (χ3n) is 7.03. The predicted octanol–water partition coefficient (Wildman–Crippen LogP) is 1.64. The maximum Gasteiger partial charge on any atom is 0.306 e. The molecule has 0 aliphatic carbocycles. The number of aromatic hydroxyl groups is 1. The number of methoxy groups -OCH3 is 1. The molecule has 1 aliphatic heterocycles. The van der Waals surface area contributed by atoms with Gasteiger partial charge in [-0.1, -0.05) is 11.2 Å². The van der Waals surface area contributed by atoms with E-state index in [4.69, 9.17) is 4.52 Å². The molecular formula is C27H35N5O9S2. The summed E-state index contributed by atoms with van der Waals surface area (Å²) in [5, 5.41) is 27.5. The molecule has 0 unspecified atom stereocenters. The predicted molar refractivity (Wildman–Crippen MR) is 156 cm³/mol. The molecule has 1 aromatic heterocycles. The molecule has 0 spiro atoms. The summed E-state index contributed by atoms with van der Waals surface area (Å²) < 4.78 is 62.9. The van der Waals surface area contributed by atoms with Gasteiger partial charge in [0.15, 0.2) is 0 Å². The van der Waals surface area contributed by atoms with E-state index in [1.54, 1.807) is 12.1 Å². The molecule has 43 heavy (non-hydrogen) atoms. The number of benzene rings is 2. The van der Waals surface area contributed by atoms with E-state index in [1.165, 1.54) is 41.7 Å². The summed E-state index contributed by atoms with van der Waals surface area (Å²) in [6.45, 7) is 1.47. The molecule has 1 atom stereocenters. The summed E-state index contributed by atoms with van der Waals surface area (Å²) in [6, 6.07) is 10.4. The summed E-state index contributed by atoms with van der Waals surface area (Å²) in [5.74, 6) is 0.135. The number of anilines is 1. The van der Waals surface area contributed by atoms with E-state index in [1.807, 2.05) is 0 Å². The summed E-state index contributed by atoms with van der Waals surface area (Å²) >= 11 is 0. The number of piperidine rings is 1. The quantitative estimate of drug-likeness (QED) is 0.156. The number of aromatic nitrogens is 2. The maximum atomic E-state index is 13.2. The second-order valence-corrected chi connectivity index (χ2v) is 14.0. The number of aliphatic hydroxyl groups is 1. The van der Waals surface area contributed by atoms with E-state index < -0.39 is 26.2 Å². The Kier molecular flexibility index (Phi) is 10.4. The first-order chi connectivity index (χ1) is 20.4. The number of rotatable bonds is 13. The van der Waals surface area contributed by atoms with E-state index in [-0.39, 0.29) is 53.5 Å². The van der Waals surface area contributed by atoms with Crippen LogP contribution in [0.25, 0.3) is 11.4 Å². The number of phenols is 1. The Morgan fingerprint density at radius 2 is 1.84 bits per heavy atom. The van der Waals surface area contributed by atoms with Crippen molar-refractivity contribution in [2.45, 2.75) is 36.7 Å². The number of hydrogen-bond acceptors (Lipinski definition) is 12. The first-order valence-corrected chi connectivity index (χ1v) is 16.9. The number of carbonyl (C=O) groups is 1. The molecule has 1 saturated heterocycles. The molecule has 234 valence electrons. The topological polar surface area (TPSA) is 201 Å². The Labute approximate surface area is 250 Å². The molecule has 3 aromatic rings. The van der Waals surface area contributed by atoms with Gasteiger partial charge >= 0.3 is 5.97 Å². The molecule has 0 radical (unpaired) electrons. The van der Waals surface area contributed by atoms with Crippen molar-refractivity contribution in [3.05, 3.63) is 53.9 Å². The average molecular weight is 638 g/mol. The second kappa shape index (κ2) is 13.8. The van der Waals surface area contributed by atoms with Crippen molar-refractivity contribution in [2.24, 2.45) is 5.92 Å². The minimum Gasteiger partial charge on any atom is -0.506 e. The fraction of sp³-hybridized carbons (Fsp3) is 0.444. The van der Waals surface area contributed by atoms with Gasteiger partial charge < -0.3 is 24.8 Å². The SMILES string of the molecule is COC(=O)CCc1nc(-c2ccc(S(=O)(=O)N3CCC(CNC[C@@H](O)c4ccc(O)c(NS(C)(=O)=O)c4)CC3)cc2)no1. The van der Waals surface area contributed by atoms with E-state index in [0.717, 1.165) is 6.26 Å². The normalized spacial score (nSPS) is 15.7. The Morgan fingerprint density at radius 3 is 2.49 bits per heavy atom. The van der Waals surface area contributed by atoms with E-state index in [2.05, 4.69) is 24.9 Å². The smallest absolute Gasteiger partial charge is 0.306 e. The number of aliphatic hydroxyl groups excluding tert-OH is 1. The van der Waals surface area contributed by atoms with Crippen LogP contribution in [0.15, 0.2) is 51.9 Å². The van der Waals surface area contributed by atoms with Crippen molar-refractivity contribution in [3.8, 4) is 17.1 Å². The van der Waals surface area contributed by atoms with Crippen LogP contribution >= 0.6 is 0 Å². The number of hydrogen-bond donors (Lipinski definition) is 4. The molecular weight excluding hydrogens is 602 g/mol. The monoisotopic (exact) mass is 637 g/mol. The number of aryl methyl sites for hydroxylation is 1. The number of sulfonamides is 2. The van der Waals surface area contributed by atoms with Crippen LogP contribution in [-0.2, 0) is 36.0 Å². The van der Waals surface area contributed by atoms with Gasteiger partial charge in [-0.3, -0.25) is 9.52 Å². The molecule has 2 heterocycles. The molecule has 0 bridgehead atoms. The number of carbonyl (C=O) groups excluding carboxylic acids is 1. The minimum absolute atomic E-state index is 0.0151. The van der Waals surface area contributed by atoms with Crippen LogP contribution in [0.2, 0.25) is 0 Å². The van der Waals surface area contributed by atoms with Crippen LogP contribution in [-0.4, -0.2) is 87.0 Å². The summed E-state index contributed by atoms with van der Waals surface area (Å²) in [6.07, 6.45) is 1.65. The highest BCUT2D eigenvalue weighted by atomic mass is 32.2. The van der Waals surface area contributed by atoms with Crippen LogP contribution in [0.1, 0.15) is 36.8 Å². The third-order valence-corrected chi connectivity index (χ3v) is 9.54. The zero-order chi connectivity index (χ0) is 31.2. The van der Waals surface area contributed by atoms with Crippen LogP contribution in [0.5, 0.6) is 5.75 Å². The van der Waals surface area contributed by atoms with Gasteiger partial charge in [0, 0.05) is 31.6 Å². The fourth-order valence-electron chi connectivity index (χ4n) is 4.65. The van der Waals surface area contributed by atoms with E-state index >= 15 is 0 Å². The highest BCUT2D eigenvalue weighted by Gasteiger charge is 2.29. The second-order valence-electron chi connectivity index (χ2n) is 10.3. The number of esters is 1. The largest absolute Gasteiger partial charge is 0.506 e. The van der Waals surface area contributed by atoms with Gasteiger partial charge in [0.05, 0.1) is 36.5 Å².